The van der Waals surface area contributed by atoms with Gasteiger partial charge in [-0.05, 0) is 23.8 Å². The molecule has 3 amide bonds. The van der Waals surface area contributed by atoms with Crippen LogP contribution in [0, 0.1) is 0 Å². The van der Waals surface area contributed by atoms with Crippen LogP contribution in [0.25, 0.3) is 17.0 Å². The highest BCUT2D eigenvalue weighted by Crippen LogP contribution is 2.17. The number of rotatable bonds is 3. The highest BCUT2D eigenvalue weighted by Gasteiger charge is 2.33. The zero-order chi connectivity index (χ0) is 18.1. The molecule has 3 aromatic rings. The summed E-state index contributed by atoms with van der Waals surface area (Å²) in [6.45, 7) is 0.162. The van der Waals surface area contributed by atoms with Crippen molar-refractivity contribution in [2.75, 3.05) is 0 Å². The van der Waals surface area contributed by atoms with E-state index in [1.165, 1.54) is 12.3 Å². The minimum atomic E-state index is -0.518. The number of hydrogen-bond acceptors (Lipinski definition) is 4. The van der Waals surface area contributed by atoms with E-state index in [1.807, 2.05) is 30.3 Å². The van der Waals surface area contributed by atoms with Crippen LogP contribution >= 0.6 is 0 Å². The molecule has 26 heavy (non-hydrogen) atoms. The molecule has 128 valence electrons. The quantitative estimate of drug-likeness (QED) is 0.584. The molecule has 0 saturated carbocycles. The first-order valence-electron chi connectivity index (χ1n) is 8.02. The van der Waals surface area contributed by atoms with Gasteiger partial charge < -0.3 is 9.73 Å². The van der Waals surface area contributed by atoms with Crippen LogP contribution in [-0.4, -0.2) is 16.8 Å². The van der Waals surface area contributed by atoms with E-state index in [9.17, 15) is 14.4 Å². The second-order valence-corrected chi connectivity index (χ2v) is 5.88. The van der Waals surface area contributed by atoms with Crippen LogP contribution in [0.3, 0.4) is 0 Å². The first-order valence-corrected chi connectivity index (χ1v) is 8.02. The third kappa shape index (κ3) is 2.77. The van der Waals surface area contributed by atoms with Crippen molar-refractivity contribution in [3.8, 4) is 0 Å². The van der Waals surface area contributed by atoms with Gasteiger partial charge in [-0.15, -0.1) is 0 Å². The number of nitrogens with one attached hydrogen (secondary N) is 1. The summed E-state index contributed by atoms with van der Waals surface area (Å²) in [5.74, 6) is -0.480. The molecule has 1 aromatic heterocycles. The molecule has 4 rings (SSSR count). The maximum atomic E-state index is 12.5. The van der Waals surface area contributed by atoms with E-state index in [0.717, 1.165) is 10.5 Å². The average molecular weight is 346 g/mol. The standard InChI is InChI=1S/C20H14N2O4/c23-18-14(12-26-17-9-5-4-8-15(17)18)10-16-19(24)22(20(25)21-16)11-13-6-2-1-3-7-13/h1-10,12H,11H2,(H,21,25)/b16-10-. The normalized spacial score (nSPS) is 15.7. The summed E-state index contributed by atoms with van der Waals surface area (Å²) in [4.78, 5) is 38.3. The molecule has 1 aliphatic rings. The van der Waals surface area contributed by atoms with Crippen molar-refractivity contribution >= 4 is 29.0 Å². The lowest BCUT2D eigenvalue weighted by molar-refractivity contribution is -0.123. The number of nitrogens with zero attached hydrogens (tertiary/aromatic N) is 1. The Labute approximate surface area is 148 Å². The fraction of sp³-hybridized carbons (Fsp3) is 0.0500. The number of urea groups is 1. The molecule has 0 aliphatic carbocycles. The molecule has 6 heteroatoms. The second kappa shape index (κ2) is 6.33. The van der Waals surface area contributed by atoms with E-state index in [0.29, 0.717) is 11.0 Å². The van der Waals surface area contributed by atoms with Crippen LogP contribution in [0.4, 0.5) is 4.79 Å². The fourth-order valence-corrected chi connectivity index (χ4v) is 2.83. The van der Waals surface area contributed by atoms with E-state index in [-0.39, 0.29) is 23.2 Å². The molecule has 2 aromatic carbocycles. The van der Waals surface area contributed by atoms with E-state index >= 15 is 0 Å². The van der Waals surface area contributed by atoms with Gasteiger partial charge in [-0.2, -0.15) is 0 Å². The summed E-state index contributed by atoms with van der Waals surface area (Å²) in [6, 6.07) is 15.5. The van der Waals surface area contributed by atoms with Crippen LogP contribution in [0.15, 0.2) is 75.8 Å². The molecule has 6 nitrogen and oxygen atoms in total. The van der Waals surface area contributed by atoms with Crippen molar-refractivity contribution in [3.05, 3.63) is 87.9 Å². The zero-order valence-corrected chi connectivity index (χ0v) is 13.6. The molecule has 0 unspecified atom stereocenters. The first kappa shape index (κ1) is 15.8. The molecule has 0 atom stereocenters. The summed E-state index contributed by atoms with van der Waals surface area (Å²) in [5.41, 5.74) is 1.29. The van der Waals surface area contributed by atoms with Crippen molar-refractivity contribution in [1.82, 2.24) is 10.2 Å². The summed E-state index contributed by atoms with van der Waals surface area (Å²) < 4.78 is 5.44. The van der Waals surface area contributed by atoms with E-state index in [1.54, 1.807) is 24.3 Å². The Balaban J connectivity index is 1.66. The topological polar surface area (TPSA) is 79.6 Å². The zero-order valence-electron chi connectivity index (χ0n) is 13.6. The van der Waals surface area contributed by atoms with Crippen molar-refractivity contribution in [3.63, 3.8) is 0 Å². The minimum absolute atomic E-state index is 0.0495. The van der Waals surface area contributed by atoms with Gasteiger partial charge in [-0.3, -0.25) is 14.5 Å². The highest BCUT2D eigenvalue weighted by molar-refractivity contribution is 6.13. The SMILES string of the molecule is O=C1N/C(=C\c2coc3ccccc3c2=O)C(=O)N1Cc1ccccc1. The number of hydrogen-bond donors (Lipinski definition) is 1. The number of imide groups is 1. The van der Waals surface area contributed by atoms with Gasteiger partial charge in [0.1, 0.15) is 17.5 Å². The Morgan fingerprint density at radius 2 is 1.69 bits per heavy atom. The largest absolute Gasteiger partial charge is 0.463 e. The van der Waals surface area contributed by atoms with Crippen molar-refractivity contribution in [2.24, 2.45) is 0 Å². The molecule has 0 radical (unpaired) electrons. The maximum absolute atomic E-state index is 12.5. The second-order valence-electron chi connectivity index (χ2n) is 5.88. The Bertz CT molecular complexity index is 1100. The van der Waals surface area contributed by atoms with Gasteiger partial charge in [-0.1, -0.05) is 42.5 Å². The Morgan fingerprint density at radius 1 is 0.962 bits per heavy atom. The fourth-order valence-electron chi connectivity index (χ4n) is 2.83. The van der Waals surface area contributed by atoms with Crippen LogP contribution in [0.1, 0.15) is 11.1 Å². The molecular weight excluding hydrogens is 332 g/mol. The van der Waals surface area contributed by atoms with Crippen molar-refractivity contribution in [1.29, 1.82) is 0 Å². The molecule has 0 bridgehead atoms. The van der Waals surface area contributed by atoms with Crippen LogP contribution in [0.2, 0.25) is 0 Å². The summed E-state index contributed by atoms with van der Waals surface area (Å²) in [7, 11) is 0. The van der Waals surface area contributed by atoms with Crippen molar-refractivity contribution < 1.29 is 14.0 Å². The Morgan fingerprint density at radius 3 is 2.50 bits per heavy atom. The molecule has 1 saturated heterocycles. The number of benzene rings is 2. The molecule has 1 aliphatic heterocycles. The van der Waals surface area contributed by atoms with Crippen LogP contribution in [0.5, 0.6) is 0 Å². The van der Waals surface area contributed by atoms with Gasteiger partial charge in [-0.25, -0.2) is 4.79 Å². The minimum Gasteiger partial charge on any atom is -0.463 e. The van der Waals surface area contributed by atoms with Gasteiger partial charge in [0.15, 0.2) is 5.43 Å². The van der Waals surface area contributed by atoms with Gasteiger partial charge in [0.05, 0.1) is 17.5 Å². The third-order valence-corrected chi connectivity index (χ3v) is 4.15. The number of fused-ring (bicyclic) bond motifs is 1. The number of amides is 3. The maximum Gasteiger partial charge on any atom is 0.329 e. The number of carbonyl (C=O) groups excluding carboxylic acids is 2. The average Bonchev–Trinajstić information content (AvgIpc) is 2.92. The van der Waals surface area contributed by atoms with Crippen LogP contribution in [-0.2, 0) is 11.3 Å². The lowest BCUT2D eigenvalue weighted by Gasteiger charge is -2.11. The van der Waals surface area contributed by atoms with E-state index in [2.05, 4.69) is 5.32 Å². The highest BCUT2D eigenvalue weighted by atomic mass is 16.3. The summed E-state index contributed by atoms with van der Waals surface area (Å²) in [6.07, 6.45) is 2.64. The molecule has 1 fully saturated rings. The monoisotopic (exact) mass is 346 g/mol. The number of carbonyl (C=O) groups is 2. The molecule has 1 N–H and O–H groups in total. The molecule has 2 heterocycles. The lowest BCUT2D eigenvalue weighted by Crippen LogP contribution is -2.30. The predicted octanol–water partition coefficient (Wildman–Crippen LogP) is 2.89. The Kier molecular flexibility index (Phi) is 3.85. The number of para-hydroxylation sites is 1. The van der Waals surface area contributed by atoms with Gasteiger partial charge in [0, 0.05) is 0 Å². The van der Waals surface area contributed by atoms with Gasteiger partial charge in [0.2, 0.25) is 0 Å². The molecule has 0 spiro atoms. The van der Waals surface area contributed by atoms with E-state index < -0.39 is 11.9 Å². The smallest absolute Gasteiger partial charge is 0.329 e. The lowest BCUT2D eigenvalue weighted by atomic mass is 10.1. The van der Waals surface area contributed by atoms with Gasteiger partial charge >= 0.3 is 6.03 Å². The summed E-state index contributed by atoms with van der Waals surface area (Å²) in [5, 5.41) is 2.93. The summed E-state index contributed by atoms with van der Waals surface area (Å²) >= 11 is 0. The van der Waals surface area contributed by atoms with E-state index in [4.69, 9.17) is 4.42 Å². The molecular formula is C20H14N2O4. The van der Waals surface area contributed by atoms with Gasteiger partial charge in [0.25, 0.3) is 5.91 Å². The first-order chi connectivity index (χ1) is 12.6. The predicted molar refractivity (Wildman–Crippen MR) is 96.0 cm³/mol. The van der Waals surface area contributed by atoms with Crippen LogP contribution < -0.4 is 10.7 Å². The third-order valence-electron chi connectivity index (χ3n) is 4.15. The Hall–Kier alpha value is -3.67. The van der Waals surface area contributed by atoms with Crippen molar-refractivity contribution in [2.45, 2.75) is 6.54 Å².